The Balaban J connectivity index is 1.34. The molecule has 0 radical (unpaired) electrons. The summed E-state index contributed by atoms with van der Waals surface area (Å²) >= 11 is 0. The molecular formula is C28H36N6O6. The minimum Gasteiger partial charge on any atom is -0.399 e. The van der Waals surface area contributed by atoms with Gasteiger partial charge in [-0.15, -0.1) is 0 Å². The summed E-state index contributed by atoms with van der Waals surface area (Å²) in [5, 5.41) is 35.6. The summed E-state index contributed by atoms with van der Waals surface area (Å²) < 4.78 is 16.1. The summed E-state index contributed by atoms with van der Waals surface area (Å²) in [7, 11) is 1.44. The van der Waals surface area contributed by atoms with Gasteiger partial charge in [-0.2, -0.15) is 5.26 Å². The average Bonchev–Trinajstić information content (AvgIpc) is 2.96. The molecule has 0 saturated carbocycles. The fraction of sp³-hybridized carbons (Fsp3) is 0.429. The minimum absolute atomic E-state index is 0.0198. The smallest absolute Gasteiger partial charge is 0.262 e. The summed E-state index contributed by atoms with van der Waals surface area (Å²) in [6, 6.07) is 13.9. The number of nitrogens with zero attached hydrogens (tertiary/aromatic N) is 3. The number of nitrogens with one attached hydrogen (secondary N) is 1. The second-order valence-electron chi connectivity index (χ2n) is 9.78. The van der Waals surface area contributed by atoms with Crippen LogP contribution in [-0.2, 0) is 19.0 Å². The van der Waals surface area contributed by atoms with Gasteiger partial charge in [-0.3, -0.25) is 4.79 Å². The van der Waals surface area contributed by atoms with Gasteiger partial charge >= 0.3 is 0 Å². The third-order valence-corrected chi connectivity index (χ3v) is 6.87. The molecule has 12 nitrogen and oxygen atoms in total. The molecule has 2 heterocycles. The van der Waals surface area contributed by atoms with Crippen molar-refractivity contribution in [2.24, 2.45) is 11.6 Å². The predicted octanol–water partition coefficient (Wildman–Crippen LogP) is 0.159. The lowest BCUT2D eigenvalue weighted by molar-refractivity contribution is -0.244. The molecule has 2 fully saturated rings. The summed E-state index contributed by atoms with van der Waals surface area (Å²) in [5.41, 5.74) is 8.00. The van der Waals surface area contributed by atoms with Crippen molar-refractivity contribution in [3.8, 4) is 6.07 Å². The van der Waals surface area contributed by atoms with E-state index in [0.29, 0.717) is 13.2 Å². The van der Waals surface area contributed by atoms with Crippen molar-refractivity contribution >= 4 is 28.4 Å². The summed E-state index contributed by atoms with van der Waals surface area (Å²) in [6.07, 6.45) is -0.571. The summed E-state index contributed by atoms with van der Waals surface area (Å²) in [5.74, 6) is 5.39. The van der Waals surface area contributed by atoms with Crippen LogP contribution in [0.25, 0.3) is 16.8 Å². The van der Waals surface area contributed by atoms with Crippen molar-refractivity contribution < 1.29 is 29.2 Å². The maximum atomic E-state index is 12.7. The Morgan fingerprint density at radius 2 is 1.98 bits per heavy atom. The van der Waals surface area contributed by atoms with Gasteiger partial charge in [0.25, 0.3) is 5.91 Å². The van der Waals surface area contributed by atoms with Gasteiger partial charge in [0.2, 0.25) is 0 Å². The zero-order valence-corrected chi connectivity index (χ0v) is 22.4. The highest BCUT2D eigenvalue weighted by Gasteiger charge is 2.37. The van der Waals surface area contributed by atoms with Crippen LogP contribution in [0.5, 0.6) is 0 Å². The van der Waals surface area contributed by atoms with Gasteiger partial charge in [-0.05, 0) is 40.6 Å². The largest absolute Gasteiger partial charge is 0.399 e. The van der Waals surface area contributed by atoms with Crippen molar-refractivity contribution in [3.05, 3.63) is 59.4 Å². The fourth-order valence-electron chi connectivity index (χ4n) is 4.69. The van der Waals surface area contributed by atoms with Crippen LogP contribution < -0.4 is 21.8 Å². The monoisotopic (exact) mass is 552 g/mol. The first kappa shape index (κ1) is 29.3. The minimum atomic E-state index is -1.14. The van der Waals surface area contributed by atoms with E-state index in [0.717, 1.165) is 35.1 Å². The van der Waals surface area contributed by atoms with Crippen LogP contribution in [0.1, 0.15) is 12.0 Å². The molecule has 2 aliphatic rings. The quantitative estimate of drug-likeness (QED) is 0.124. The van der Waals surface area contributed by atoms with Crippen molar-refractivity contribution in [2.45, 2.75) is 31.0 Å². The SMILES string of the molecule is CO[C@@H]1CC(O)[C@H](O)C(CN(N)/C=C(\N)CNC(=O)/C(C#N)=C/c2ccc3cc(N4CCOCC4)ccc3c2)O1. The molecule has 0 aliphatic carbocycles. The number of nitriles is 1. The molecule has 0 spiro atoms. The standard InChI is InChI=1S/C28H36N6O6/c1-38-26-13-24(35)27(36)25(40-26)17-34(31)16-22(30)15-32-28(37)21(14-29)11-18-2-3-20-12-23(5-4-19(20)10-18)33-6-8-39-9-7-33/h2-5,10-12,16,24-27,35-36H,6-9,13,15,17,30-31H2,1H3,(H,32,37)/b21-11+,22-16-/t24?,25?,26-,27-/m0/s1. The first-order valence-corrected chi connectivity index (χ1v) is 13.1. The number of methoxy groups -OCH3 is 1. The van der Waals surface area contributed by atoms with E-state index in [1.54, 1.807) is 0 Å². The molecule has 2 aromatic rings. The highest BCUT2D eigenvalue weighted by atomic mass is 16.7. The number of carbonyl (C=O) groups is 1. The van der Waals surface area contributed by atoms with E-state index >= 15 is 0 Å². The van der Waals surface area contributed by atoms with Crippen LogP contribution in [0, 0.1) is 11.3 Å². The topological polar surface area (TPSA) is 180 Å². The number of amides is 1. The number of rotatable bonds is 9. The molecule has 2 aromatic carbocycles. The molecule has 0 aromatic heterocycles. The van der Waals surface area contributed by atoms with Crippen LogP contribution >= 0.6 is 0 Å². The van der Waals surface area contributed by atoms with Gasteiger partial charge in [-0.1, -0.05) is 18.2 Å². The zero-order chi connectivity index (χ0) is 28.6. The normalized spacial score (nSPS) is 24.0. The van der Waals surface area contributed by atoms with Gasteiger partial charge in [0.1, 0.15) is 23.9 Å². The third-order valence-electron chi connectivity index (χ3n) is 6.87. The highest BCUT2D eigenvalue weighted by molar-refractivity contribution is 6.02. The summed E-state index contributed by atoms with van der Waals surface area (Å²) in [6.45, 7) is 3.09. The number of morpholine rings is 1. The fourth-order valence-corrected chi connectivity index (χ4v) is 4.69. The van der Waals surface area contributed by atoms with Crippen molar-refractivity contribution in [3.63, 3.8) is 0 Å². The molecule has 1 amide bonds. The second kappa shape index (κ2) is 13.6. The molecule has 2 aliphatic heterocycles. The molecule has 40 heavy (non-hydrogen) atoms. The number of hydrazine groups is 1. The maximum Gasteiger partial charge on any atom is 0.262 e. The van der Waals surface area contributed by atoms with Crippen molar-refractivity contribution in [2.75, 3.05) is 51.4 Å². The lowest BCUT2D eigenvalue weighted by Gasteiger charge is -2.37. The van der Waals surface area contributed by atoms with Crippen molar-refractivity contribution in [1.82, 2.24) is 10.3 Å². The van der Waals surface area contributed by atoms with Crippen LogP contribution in [-0.4, -0.2) is 92.2 Å². The van der Waals surface area contributed by atoms with E-state index < -0.39 is 30.5 Å². The number of benzene rings is 2. The van der Waals surface area contributed by atoms with Gasteiger partial charge < -0.3 is 45.4 Å². The molecular weight excluding hydrogens is 516 g/mol. The number of anilines is 1. The molecule has 4 atom stereocenters. The first-order chi connectivity index (χ1) is 19.3. The molecule has 2 saturated heterocycles. The maximum absolute atomic E-state index is 12.7. The molecule has 4 rings (SSSR count). The number of fused-ring (bicyclic) bond motifs is 1. The Labute approximate surface area is 232 Å². The Hall–Kier alpha value is -3.70. The van der Waals surface area contributed by atoms with Gasteiger partial charge in [0.05, 0.1) is 32.4 Å². The first-order valence-electron chi connectivity index (χ1n) is 13.1. The molecule has 2 unspecified atom stereocenters. The number of ether oxygens (including phenoxy) is 3. The Bertz CT molecular complexity index is 1290. The van der Waals surface area contributed by atoms with E-state index in [-0.39, 0.29) is 30.8 Å². The van der Waals surface area contributed by atoms with Crippen LogP contribution in [0.4, 0.5) is 5.69 Å². The van der Waals surface area contributed by atoms with E-state index in [1.165, 1.54) is 24.4 Å². The Kier molecular flexibility index (Phi) is 9.94. The number of nitrogens with two attached hydrogens (primary N) is 2. The van der Waals surface area contributed by atoms with Gasteiger partial charge in [0, 0.05) is 44.2 Å². The van der Waals surface area contributed by atoms with E-state index in [4.69, 9.17) is 25.8 Å². The molecule has 12 heteroatoms. The van der Waals surface area contributed by atoms with Crippen LogP contribution in [0.15, 0.2) is 53.9 Å². The van der Waals surface area contributed by atoms with Crippen LogP contribution in [0.2, 0.25) is 0 Å². The van der Waals surface area contributed by atoms with E-state index in [2.05, 4.69) is 22.3 Å². The molecule has 7 N–H and O–H groups in total. The van der Waals surface area contributed by atoms with Crippen LogP contribution in [0.3, 0.4) is 0 Å². The number of aliphatic hydroxyl groups excluding tert-OH is 2. The number of hydrogen-bond acceptors (Lipinski definition) is 11. The third kappa shape index (κ3) is 7.48. The zero-order valence-electron chi connectivity index (χ0n) is 22.4. The van der Waals surface area contributed by atoms with E-state index in [1.807, 2.05) is 30.3 Å². The lowest BCUT2D eigenvalue weighted by Crippen LogP contribution is -2.53. The average molecular weight is 553 g/mol. The summed E-state index contributed by atoms with van der Waals surface area (Å²) in [4.78, 5) is 15.0. The number of carbonyl (C=O) groups excluding carboxylic acids is 1. The predicted molar refractivity (Wildman–Crippen MR) is 149 cm³/mol. The van der Waals surface area contributed by atoms with Gasteiger partial charge in [-0.25, -0.2) is 5.84 Å². The highest BCUT2D eigenvalue weighted by Crippen LogP contribution is 2.25. The molecule has 214 valence electrons. The lowest BCUT2D eigenvalue weighted by atomic mass is 10.0. The number of hydrogen-bond donors (Lipinski definition) is 5. The molecule has 0 bridgehead atoms. The van der Waals surface area contributed by atoms with E-state index in [9.17, 15) is 20.3 Å². The Morgan fingerprint density at radius 3 is 2.70 bits per heavy atom. The number of aliphatic hydroxyl groups is 2. The second-order valence-corrected chi connectivity index (χ2v) is 9.78. The van der Waals surface area contributed by atoms with Crippen molar-refractivity contribution in [1.29, 1.82) is 5.26 Å². The van der Waals surface area contributed by atoms with Gasteiger partial charge in [0.15, 0.2) is 6.29 Å². The Morgan fingerprint density at radius 1 is 1.25 bits per heavy atom.